The smallest absolute Gasteiger partial charge is 0.112 e. The van der Waals surface area contributed by atoms with Gasteiger partial charge in [-0.1, -0.05) is 0 Å². The van der Waals surface area contributed by atoms with E-state index in [2.05, 4.69) is 21.9 Å². The van der Waals surface area contributed by atoms with E-state index >= 15 is 0 Å². The maximum Gasteiger partial charge on any atom is 0.112 e. The number of aryl methyl sites for hydroxylation is 1. The molecule has 4 heteroatoms. The van der Waals surface area contributed by atoms with Crippen LogP contribution >= 0.6 is 0 Å². The van der Waals surface area contributed by atoms with Gasteiger partial charge in [0.2, 0.25) is 0 Å². The molecule has 1 saturated heterocycles. The first-order chi connectivity index (χ1) is 7.86. The average Bonchev–Trinajstić information content (AvgIpc) is 2.69. The maximum absolute atomic E-state index is 4.73. The van der Waals surface area contributed by atoms with E-state index in [0.29, 0.717) is 5.92 Å². The van der Waals surface area contributed by atoms with Crippen LogP contribution in [0.3, 0.4) is 0 Å². The molecule has 2 aromatic rings. The normalized spacial score (nSPS) is 18.1. The molecule has 1 aliphatic heterocycles. The lowest BCUT2D eigenvalue weighted by Crippen LogP contribution is -2.27. The number of hydrogen-bond acceptors (Lipinski definition) is 3. The van der Waals surface area contributed by atoms with E-state index in [9.17, 15) is 0 Å². The van der Waals surface area contributed by atoms with E-state index in [1.807, 2.05) is 18.5 Å². The Morgan fingerprint density at radius 3 is 2.94 bits per heavy atom. The topological polar surface area (TPSA) is 42.7 Å². The van der Waals surface area contributed by atoms with Gasteiger partial charge in [0.1, 0.15) is 5.82 Å². The fourth-order valence-electron chi connectivity index (χ4n) is 2.50. The molecule has 0 unspecified atom stereocenters. The number of imidazole rings is 1. The quantitative estimate of drug-likeness (QED) is 0.784. The van der Waals surface area contributed by atoms with E-state index in [1.165, 1.54) is 18.7 Å². The number of fused-ring (bicyclic) bond motifs is 1. The maximum atomic E-state index is 4.73. The molecule has 4 nitrogen and oxygen atoms in total. The van der Waals surface area contributed by atoms with Crippen molar-refractivity contribution in [1.82, 2.24) is 19.9 Å². The van der Waals surface area contributed by atoms with E-state index in [4.69, 9.17) is 4.98 Å². The van der Waals surface area contributed by atoms with Crippen LogP contribution in [0.15, 0.2) is 18.5 Å². The molecule has 0 radical (unpaired) electrons. The van der Waals surface area contributed by atoms with Crippen molar-refractivity contribution in [2.45, 2.75) is 18.8 Å². The molecule has 16 heavy (non-hydrogen) atoms. The highest BCUT2D eigenvalue weighted by Gasteiger charge is 2.20. The molecule has 0 bridgehead atoms. The summed E-state index contributed by atoms with van der Waals surface area (Å²) in [5.41, 5.74) is 2.20. The number of rotatable bonds is 1. The second kappa shape index (κ2) is 3.87. The number of nitrogens with zero attached hydrogens (tertiary/aromatic N) is 3. The van der Waals surface area contributed by atoms with Crippen LogP contribution in [0.2, 0.25) is 0 Å². The zero-order valence-electron chi connectivity index (χ0n) is 9.48. The van der Waals surface area contributed by atoms with Crippen molar-refractivity contribution in [3.63, 3.8) is 0 Å². The summed E-state index contributed by atoms with van der Waals surface area (Å²) in [6.07, 6.45) is 6.07. The summed E-state index contributed by atoms with van der Waals surface area (Å²) < 4.78 is 2.19. The van der Waals surface area contributed by atoms with Crippen LogP contribution in [0.4, 0.5) is 0 Å². The van der Waals surface area contributed by atoms with E-state index in [1.54, 1.807) is 0 Å². The van der Waals surface area contributed by atoms with Gasteiger partial charge in [-0.25, -0.2) is 4.98 Å². The first kappa shape index (κ1) is 9.78. The summed E-state index contributed by atoms with van der Waals surface area (Å²) in [5.74, 6) is 1.81. The van der Waals surface area contributed by atoms with Crippen LogP contribution in [0, 0.1) is 0 Å². The molecule has 0 spiro atoms. The van der Waals surface area contributed by atoms with Crippen molar-refractivity contribution in [3.8, 4) is 0 Å². The standard InChI is InChI=1S/C12H16N4/c1-16-11-8-14-7-4-10(11)15-12(16)9-2-5-13-6-3-9/h4,7-9,13H,2-3,5-6H2,1H3. The molecule has 0 atom stereocenters. The Morgan fingerprint density at radius 2 is 2.19 bits per heavy atom. The molecule has 1 aliphatic rings. The van der Waals surface area contributed by atoms with Crippen LogP contribution in [0.25, 0.3) is 11.0 Å². The molecule has 1 fully saturated rings. The minimum atomic E-state index is 0.596. The Morgan fingerprint density at radius 1 is 1.38 bits per heavy atom. The minimum Gasteiger partial charge on any atom is -0.330 e. The Bertz CT molecular complexity index is 497. The molecule has 1 N–H and O–H groups in total. The monoisotopic (exact) mass is 216 g/mol. The summed E-state index contributed by atoms with van der Waals surface area (Å²) in [6, 6.07) is 1.99. The second-order valence-electron chi connectivity index (χ2n) is 4.42. The largest absolute Gasteiger partial charge is 0.330 e. The summed E-state index contributed by atoms with van der Waals surface area (Å²) in [6.45, 7) is 2.21. The molecular formula is C12H16N4. The third-order valence-electron chi connectivity index (χ3n) is 3.42. The third kappa shape index (κ3) is 1.50. The zero-order chi connectivity index (χ0) is 11.0. The molecule has 3 heterocycles. The Balaban J connectivity index is 2.05. The van der Waals surface area contributed by atoms with Gasteiger partial charge < -0.3 is 9.88 Å². The third-order valence-corrected chi connectivity index (χ3v) is 3.42. The SMILES string of the molecule is Cn1c(C2CCNCC2)nc2ccncc21. The lowest BCUT2D eigenvalue weighted by atomic mass is 9.97. The number of aromatic nitrogens is 3. The van der Waals surface area contributed by atoms with Crippen molar-refractivity contribution in [2.75, 3.05) is 13.1 Å². The van der Waals surface area contributed by atoms with Crippen LogP contribution in [0.1, 0.15) is 24.6 Å². The number of hydrogen-bond donors (Lipinski definition) is 1. The molecule has 0 aliphatic carbocycles. The van der Waals surface area contributed by atoms with Crippen LogP contribution in [-0.4, -0.2) is 27.6 Å². The second-order valence-corrected chi connectivity index (χ2v) is 4.42. The predicted octanol–water partition coefficient (Wildman–Crippen LogP) is 1.44. The van der Waals surface area contributed by atoms with Gasteiger partial charge in [0, 0.05) is 19.2 Å². The molecule has 3 rings (SSSR count). The molecule has 2 aromatic heterocycles. The van der Waals surface area contributed by atoms with Crippen molar-refractivity contribution >= 4 is 11.0 Å². The first-order valence-corrected chi connectivity index (χ1v) is 5.83. The van der Waals surface area contributed by atoms with Crippen LogP contribution in [0.5, 0.6) is 0 Å². The summed E-state index contributed by atoms with van der Waals surface area (Å²) in [7, 11) is 2.09. The number of piperidine rings is 1. The van der Waals surface area contributed by atoms with Crippen LogP contribution in [-0.2, 0) is 7.05 Å². The fourth-order valence-corrected chi connectivity index (χ4v) is 2.50. The Kier molecular flexibility index (Phi) is 2.36. The van der Waals surface area contributed by atoms with Crippen molar-refractivity contribution in [3.05, 3.63) is 24.3 Å². The molecule has 84 valence electrons. The molecular weight excluding hydrogens is 200 g/mol. The van der Waals surface area contributed by atoms with Crippen molar-refractivity contribution in [1.29, 1.82) is 0 Å². The van der Waals surface area contributed by atoms with Gasteiger partial charge in [0.25, 0.3) is 0 Å². The van der Waals surface area contributed by atoms with Crippen molar-refractivity contribution in [2.24, 2.45) is 7.05 Å². The summed E-state index contributed by atoms with van der Waals surface area (Å²) in [5, 5.41) is 3.39. The Labute approximate surface area is 94.7 Å². The molecule has 0 saturated carbocycles. The van der Waals surface area contributed by atoms with Crippen molar-refractivity contribution < 1.29 is 0 Å². The number of pyridine rings is 1. The lowest BCUT2D eigenvalue weighted by Gasteiger charge is -2.22. The van der Waals surface area contributed by atoms with E-state index < -0.39 is 0 Å². The molecule has 0 amide bonds. The van der Waals surface area contributed by atoms with Gasteiger partial charge in [-0.15, -0.1) is 0 Å². The number of nitrogens with one attached hydrogen (secondary N) is 1. The van der Waals surface area contributed by atoms with Gasteiger partial charge in [-0.2, -0.15) is 0 Å². The van der Waals surface area contributed by atoms with E-state index in [-0.39, 0.29) is 0 Å². The van der Waals surface area contributed by atoms with E-state index in [0.717, 1.165) is 24.1 Å². The van der Waals surface area contributed by atoms with Gasteiger partial charge in [0.15, 0.2) is 0 Å². The minimum absolute atomic E-state index is 0.596. The highest BCUT2D eigenvalue weighted by Crippen LogP contribution is 2.26. The first-order valence-electron chi connectivity index (χ1n) is 5.83. The Hall–Kier alpha value is -1.42. The van der Waals surface area contributed by atoms with Crippen LogP contribution < -0.4 is 5.32 Å². The predicted molar refractivity (Wildman–Crippen MR) is 63.4 cm³/mol. The zero-order valence-corrected chi connectivity index (χ0v) is 9.48. The fraction of sp³-hybridized carbons (Fsp3) is 0.500. The highest BCUT2D eigenvalue weighted by atomic mass is 15.1. The van der Waals surface area contributed by atoms with Gasteiger partial charge >= 0.3 is 0 Å². The lowest BCUT2D eigenvalue weighted by molar-refractivity contribution is 0.438. The molecule has 0 aromatic carbocycles. The summed E-state index contributed by atoms with van der Waals surface area (Å²) in [4.78, 5) is 8.89. The highest BCUT2D eigenvalue weighted by molar-refractivity contribution is 5.74. The van der Waals surface area contributed by atoms with Gasteiger partial charge in [0.05, 0.1) is 17.2 Å². The van der Waals surface area contributed by atoms with Gasteiger partial charge in [-0.3, -0.25) is 4.98 Å². The summed E-state index contributed by atoms with van der Waals surface area (Å²) >= 11 is 0. The van der Waals surface area contributed by atoms with Gasteiger partial charge in [-0.05, 0) is 32.0 Å². The average molecular weight is 216 g/mol.